The number of amides is 2. The van der Waals surface area contributed by atoms with Gasteiger partial charge in [0.05, 0.1) is 11.3 Å². The Morgan fingerprint density at radius 1 is 1.03 bits per heavy atom. The predicted octanol–water partition coefficient (Wildman–Crippen LogP) is 4.94. The zero-order chi connectivity index (χ0) is 24.7. The highest BCUT2D eigenvalue weighted by atomic mass is 35.5. The van der Waals surface area contributed by atoms with Gasteiger partial charge in [-0.25, -0.2) is 4.98 Å². The number of aromatic nitrogens is 3. The van der Waals surface area contributed by atoms with Crippen molar-refractivity contribution in [2.75, 3.05) is 12.4 Å². The molecule has 2 heterocycles. The van der Waals surface area contributed by atoms with Gasteiger partial charge in [0.25, 0.3) is 11.8 Å². The second kappa shape index (κ2) is 8.67. The number of aryl methyl sites for hydroxylation is 1. The lowest BCUT2D eigenvalue weighted by molar-refractivity contribution is -0.142. The predicted molar refractivity (Wildman–Crippen MR) is 107 cm³/mol. The van der Waals surface area contributed by atoms with Gasteiger partial charge < -0.3 is 10.6 Å². The number of alkyl halides is 6. The molecule has 0 aliphatic heterocycles. The van der Waals surface area contributed by atoms with E-state index in [1.165, 1.54) is 26.1 Å². The molecule has 0 fully saturated rings. The molecule has 2 amide bonds. The van der Waals surface area contributed by atoms with Gasteiger partial charge in [0.15, 0.2) is 11.4 Å². The molecular weight excluding hydrogens is 500 g/mol. The van der Waals surface area contributed by atoms with Crippen LogP contribution in [-0.4, -0.2) is 33.6 Å². The fourth-order valence-corrected chi connectivity index (χ4v) is 3.79. The fraction of sp³-hybridized carbons (Fsp3) is 0.222. The number of hydrogen-bond acceptors (Lipinski definition) is 5. The maximum absolute atomic E-state index is 13.2. The van der Waals surface area contributed by atoms with E-state index in [0.717, 1.165) is 0 Å². The first-order chi connectivity index (χ1) is 15.2. The lowest BCUT2D eigenvalue weighted by Gasteiger charge is -2.14. The first-order valence-electron chi connectivity index (χ1n) is 8.76. The van der Waals surface area contributed by atoms with E-state index in [9.17, 15) is 35.9 Å². The lowest BCUT2D eigenvalue weighted by Crippen LogP contribution is -2.23. The summed E-state index contributed by atoms with van der Waals surface area (Å²) < 4.78 is 78.8. The molecule has 0 unspecified atom stereocenters. The molecule has 0 atom stereocenters. The van der Waals surface area contributed by atoms with E-state index in [4.69, 9.17) is 11.6 Å². The minimum Gasteiger partial charge on any atom is -0.355 e. The van der Waals surface area contributed by atoms with Gasteiger partial charge in [-0.3, -0.25) is 9.59 Å². The van der Waals surface area contributed by atoms with Crippen molar-refractivity contribution in [1.29, 1.82) is 0 Å². The van der Waals surface area contributed by atoms with Gasteiger partial charge in [-0.2, -0.15) is 36.1 Å². The van der Waals surface area contributed by atoms with Crippen LogP contribution in [0.5, 0.6) is 0 Å². The van der Waals surface area contributed by atoms with Crippen molar-refractivity contribution in [2.24, 2.45) is 0 Å². The first kappa shape index (κ1) is 24.5. The molecule has 0 aliphatic carbocycles. The van der Waals surface area contributed by atoms with Gasteiger partial charge in [-0.05, 0) is 24.6 Å². The fourth-order valence-electron chi connectivity index (χ4n) is 2.72. The number of carbonyl (C=O) groups excluding carboxylic acids is 2. The van der Waals surface area contributed by atoms with Crippen LogP contribution in [0.1, 0.15) is 37.8 Å². The Labute approximate surface area is 190 Å². The summed E-state index contributed by atoms with van der Waals surface area (Å²) in [6.07, 6.45) is -9.84. The number of halogens is 7. The Kier molecular flexibility index (Phi) is 6.44. The molecule has 0 spiro atoms. The third kappa shape index (κ3) is 5.11. The molecule has 176 valence electrons. The smallest absolute Gasteiger partial charge is 0.355 e. The molecular formula is C18H12ClF6N5O2S. The summed E-state index contributed by atoms with van der Waals surface area (Å²) in [4.78, 5) is 28.3. The van der Waals surface area contributed by atoms with Crippen LogP contribution in [0.3, 0.4) is 0 Å². The van der Waals surface area contributed by atoms with Crippen molar-refractivity contribution in [2.45, 2.75) is 19.3 Å². The number of rotatable bonds is 4. The number of benzene rings is 1. The Morgan fingerprint density at radius 3 is 2.21 bits per heavy atom. The quantitative estimate of drug-likeness (QED) is 0.486. The number of thiazole rings is 1. The van der Waals surface area contributed by atoms with Crippen LogP contribution in [0.2, 0.25) is 5.02 Å². The van der Waals surface area contributed by atoms with Gasteiger partial charge in [-0.1, -0.05) is 11.6 Å². The summed E-state index contributed by atoms with van der Waals surface area (Å²) in [5.41, 5.74) is -3.44. The van der Waals surface area contributed by atoms with Gasteiger partial charge in [0.2, 0.25) is 5.13 Å². The summed E-state index contributed by atoms with van der Waals surface area (Å²) in [5, 5.41) is 8.02. The van der Waals surface area contributed by atoms with Gasteiger partial charge in [0.1, 0.15) is 5.69 Å². The summed E-state index contributed by atoms with van der Waals surface area (Å²) in [6.45, 7) is 1.49. The van der Waals surface area contributed by atoms with E-state index >= 15 is 0 Å². The molecule has 7 nitrogen and oxygen atoms in total. The minimum absolute atomic E-state index is 0.0554. The topological polar surface area (TPSA) is 88.9 Å². The molecule has 33 heavy (non-hydrogen) atoms. The van der Waals surface area contributed by atoms with Crippen LogP contribution in [0, 0.1) is 6.92 Å². The zero-order valence-corrected chi connectivity index (χ0v) is 18.1. The largest absolute Gasteiger partial charge is 0.435 e. The van der Waals surface area contributed by atoms with E-state index < -0.39 is 46.4 Å². The third-order valence-electron chi connectivity index (χ3n) is 4.21. The average molecular weight is 512 g/mol. The molecule has 2 aromatic heterocycles. The highest BCUT2D eigenvalue weighted by Gasteiger charge is 2.38. The summed E-state index contributed by atoms with van der Waals surface area (Å²) in [5.74, 6) is -1.81. The normalized spacial score (nSPS) is 12.0. The lowest BCUT2D eigenvalue weighted by atomic mass is 10.1. The number of nitrogens with one attached hydrogen (secondary N) is 2. The minimum atomic E-state index is -4.99. The summed E-state index contributed by atoms with van der Waals surface area (Å²) in [7, 11) is 1.32. The van der Waals surface area contributed by atoms with Crippen molar-refractivity contribution in [3.05, 3.63) is 56.8 Å². The summed E-state index contributed by atoms with van der Waals surface area (Å²) in [6, 6.07) is 3.01. The van der Waals surface area contributed by atoms with Crippen molar-refractivity contribution in [3.8, 4) is 5.13 Å². The Balaban J connectivity index is 2.10. The molecule has 15 heteroatoms. The second-order valence-corrected chi connectivity index (χ2v) is 7.79. The molecule has 3 aromatic rings. The van der Waals surface area contributed by atoms with Crippen LogP contribution < -0.4 is 10.6 Å². The van der Waals surface area contributed by atoms with E-state index in [1.807, 2.05) is 0 Å². The van der Waals surface area contributed by atoms with Gasteiger partial charge in [-0.15, -0.1) is 11.3 Å². The Morgan fingerprint density at radius 2 is 1.67 bits per heavy atom. The number of carbonyl (C=O) groups is 2. The maximum Gasteiger partial charge on any atom is 0.435 e. The van der Waals surface area contributed by atoms with Crippen molar-refractivity contribution >= 4 is 40.4 Å². The van der Waals surface area contributed by atoms with Crippen molar-refractivity contribution < 1.29 is 35.9 Å². The Hall–Kier alpha value is -3.13. The van der Waals surface area contributed by atoms with Crippen LogP contribution in [0.15, 0.2) is 23.6 Å². The van der Waals surface area contributed by atoms with E-state index in [-0.39, 0.29) is 16.3 Å². The van der Waals surface area contributed by atoms with Gasteiger partial charge >= 0.3 is 12.4 Å². The van der Waals surface area contributed by atoms with Crippen LogP contribution in [0.25, 0.3) is 5.13 Å². The van der Waals surface area contributed by atoms with Crippen molar-refractivity contribution in [3.63, 3.8) is 0 Å². The molecule has 0 radical (unpaired) electrons. The van der Waals surface area contributed by atoms with Crippen LogP contribution >= 0.6 is 22.9 Å². The molecule has 0 saturated heterocycles. The molecule has 0 bridgehead atoms. The molecule has 0 aliphatic rings. The molecule has 1 aromatic carbocycles. The standard InChI is InChI=1S/C18H12ClF6N5O2S/c1-7-3-8(19)4-9(14(31)26-2)13(7)28-15(32)10-5-11(17(20,21)22)29-30(10)16-27-12(6-33-16)18(23,24)25/h3-6H,1-2H3,(H,26,31)(H,28,32). The van der Waals surface area contributed by atoms with Crippen LogP contribution in [0.4, 0.5) is 32.0 Å². The SMILES string of the molecule is CNC(=O)c1cc(Cl)cc(C)c1NC(=O)c1cc(C(F)(F)F)nn1-c1nc(C(F)(F)F)cs1. The highest BCUT2D eigenvalue weighted by molar-refractivity contribution is 7.12. The highest BCUT2D eigenvalue weighted by Crippen LogP contribution is 2.34. The van der Waals surface area contributed by atoms with E-state index in [1.54, 1.807) is 0 Å². The molecule has 2 N–H and O–H groups in total. The third-order valence-corrected chi connectivity index (χ3v) is 5.24. The average Bonchev–Trinajstić information content (AvgIpc) is 3.35. The second-order valence-electron chi connectivity index (χ2n) is 6.52. The molecule has 3 rings (SSSR count). The number of anilines is 1. The van der Waals surface area contributed by atoms with Crippen molar-refractivity contribution in [1.82, 2.24) is 20.1 Å². The zero-order valence-electron chi connectivity index (χ0n) is 16.5. The molecule has 0 saturated carbocycles. The first-order valence-corrected chi connectivity index (χ1v) is 10.0. The monoisotopic (exact) mass is 511 g/mol. The summed E-state index contributed by atoms with van der Waals surface area (Å²) >= 11 is 6.29. The van der Waals surface area contributed by atoms with E-state index in [0.29, 0.717) is 33.0 Å². The van der Waals surface area contributed by atoms with Gasteiger partial charge in [0, 0.05) is 23.5 Å². The number of nitrogens with zero attached hydrogens (tertiary/aromatic N) is 3. The maximum atomic E-state index is 13.2. The van der Waals surface area contributed by atoms with Crippen LogP contribution in [-0.2, 0) is 12.4 Å². The number of hydrogen-bond donors (Lipinski definition) is 2. The Bertz CT molecular complexity index is 1230. The van der Waals surface area contributed by atoms with E-state index in [2.05, 4.69) is 20.7 Å².